The molecule has 1 aliphatic carbocycles. The third kappa shape index (κ3) is 8.57. The Hall–Kier alpha value is -2.94. The molecule has 4 heterocycles. The van der Waals surface area contributed by atoms with Crippen LogP contribution in [0.3, 0.4) is 0 Å². The van der Waals surface area contributed by atoms with Crippen LogP contribution in [-0.2, 0) is 56.0 Å². The Morgan fingerprint density at radius 2 is 1.62 bits per heavy atom. The van der Waals surface area contributed by atoms with Gasteiger partial charge in [0.1, 0.15) is 11.7 Å². The molecular formula is C26H36FN2O17P. The summed E-state index contributed by atoms with van der Waals surface area (Å²) in [5.74, 6) is -2.56. The number of aliphatic hydroxyl groups excluding tert-OH is 1. The molecule has 5 rings (SSSR count). The molecule has 1 spiro atoms. The Balaban J connectivity index is 1.28. The van der Waals surface area contributed by atoms with Crippen molar-refractivity contribution in [3.05, 3.63) is 33.1 Å². The molecule has 3 aliphatic heterocycles. The van der Waals surface area contributed by atoms with Gasteiger partial charge in [-0.2, -0.15) is 0 Å². The van der Waals surface area contributed by atoms with Crippen LogP contribution in [0.1, 0.15) is 38.8 Å². The van der Waals surface area contributed by atoms with Crippen LogP contribution in [0.2, 0.25) is 0 Å². The Bertz CT molecular complexity index is 1370. The molecule has 47 heavy (non-hydrogen) atoms. The fourth-order valence-corrected chi connectivity index (χ4v) is 6.28. The fourth-order valence-electron chi connectivity index (χ4n) is 5.32. The molecular weight excluding hydrogens is 662 g/mol. The molecule has 264 valence electrons. The van der Waals surface area contributed by atoms with Gasteiger partial charge in [0.2, 0.25) is 13.6 Å². The molecule has 3 saturated heterocycles. The number of nitrogens with one attached hydrogen (secondary N) is 1. The van der Waals surface area contributed by atoms with Crippen LogP contribution < -0.4 is 11.2 Å². The van der Waals surface area contributed by atoms with Crippen molar-refractivity contribution < 1.29 is 75.1 Å². The third-order valence-corrected chi connectivity index (χ3v) is 9.20. The number of aromatic nitrogens is 2. The molecule has 2 N–H and O–H groups in total. The van der Waals surface area contributed by atoms with Crippen LogP contribution in [0.15, 0.2) is 21.9 Å². The van der Waals surface area contributed by atoms with Gasteiger partial charge in [0, 0.05) is 31.0 Å². The molecule has 1 aromatic heterocycles. The molecule has 4 atom stereocenters. The second-order valence-corrected chi connectivity index (χ2v) is 13.0. The van der Waals surface area contributed by atoms with Crippen molar-refractivity contribution in [1.82, 2.24) is 9.55 Å². The fraction of sp³-hybridized carbons (Fsp3) is 0.769. The lowest BCUT2D eigenvalue weighted by Gasteiger charge is -2.37. The van der Waals surface area contributed by atoms with Crippen LogP contribution in [-0.4, -0.2) is 110 Å². The minimum absolute atomic E-state index is 0.171. The quantitative estimate of drug-likeness (QED) is 0.149. The van der Waals surface area contributed by atoms with E-state index in [9.17, 15) is 33.2 Å². The number of aliphatic hydroxyl groups is 1. The highest BCUT2D eigenvalue weighted by Crippen LogP contribution is 2.53. The van der Waals surface area contributed by atoms with E-state index in [0.29, 0.717) is 25.7 Å². The van der Waals surface area contributed by atoms with Crippen LogP contribution in [0.4, 0.5) is 14.0 Å². The summed E-state index contributed by atoms with van der Waals surface area (Å²) < 4.78 is 86.2. The van der Waals surface area contributed by atoms with Crippen molar-refractivity contribution in [3.63, 3.8) is 0 Å². The zero-order chi connectivity index (χ0) is 33.7. The van der Waals surface area contributed by atoms with E-state index < -0.39 is 100 Å². The maximum absolute atomic E-state index is 14.8. The lowest BCUT2D eigenvalue weighted by molar-refractivity contribution is -0.208. The van der Waals surface area contributed by atoms with Gasteiger partial charge in [0.25, 0.3) is 5.56 Å². The van der Waals surface area contributed by atoms with Gasteiger partial charge in [0.05, 0.1) is 39.7 Å². The van der Waals surface area contributed by atoms with Crippen molar-refractivity contribution in [2.75, 3.05) is 53.3 Å². The number of ether oxygens (including phenoxy) is 8. The van der Waals surface area contributed by atoms with Crippen LogP contribution in [0, 0.1) is 5.92 Å². The molecule has 0 unspecified atom stereocenters. The van der Waals surface area contributed by atoms with E-state index in [1.54, 1.807) is 0 Å². The third-order valence-electron chi connectivity index (χ3n) is 7.89. The summed E-state index contributed by atoms with van der Waals surface area (Å²) in [4.78, 5) is 50.0. The largest absolute Gasteiger partial charge is 0.510 e. The van der Waals surface area contributed by atoms with Gasteiger partial charge in [-0.05, 0) is 19.8 Å². The van der Waals surface area contributed by atoms with E-state index in [1.165, 1.54) is 6.92 Å². The molecule has 0 aromatic carbocycles. The van der Waals surface area contributed by atoms with E-state index in [4.69, 9.17) is 51.5 Å². The van der Waals surface area contributed by atoms with E-state index in [-0.39, 0.29) is 26.4 Å². The molecule has 0 amide bonds. The Morgan fingerprint density at radius 1 is 1.04 bits per heavy atom. The standard InChI is InChI=1S/C26H36FN2O17P/c1-25(21(31)29-7-4-19(30)28-22(29)32)20(45-26(46-25)5-2-3-6-26)16(8-27)9-40-47(35,41-14-38-23(33)43-17-10-36-11-17)42-15-39-24(34)44-18-12-37-13-18/h4,7,16-18,20-21,31H,2-3,5-6,8-15H2,1H3,(H,28,30,32)/t16-,20+,21+,25+/m0/s1. The zero-order valence-electron chi connectivity index (χ0n) is 25.3. The predicted octanol–water partition coefficient (Wildman–Crippen LogP) is 1.23. The Labute approximate surface area is 265 Å². The summed E-state index contributed by atoms with van der Waals surface area (Å²) in [5.41, 5.74) is -3.45. The maximum atomic E-state index is 14.8. The topological polar surface area (TPSA) is 228 Å². The lowest BCUT2D eigenvalue weighted by atomic mass is 9.87. The van der Waals surface area contributed by atoms with Gasteiger partial charge in [-0.1, -0.05) is 0 Å². The van der Waals surface area contributed by atoms with Gasteiger partial charge >= 0.3 is 25.8 Å². The first-order valence-electron chi connectivity index (χ1n) is 14.7. The number of carbonyl (C=O) groups excluding carboxylic acids is 2. The number of H-pyrrole nitrogens is 1. The number of nitrogens with zero attached hydrogens (tertiary/aromatic N) is 1. The molecule has 1 saturated carbocycles. The van der Waals surface area contributed by atoms with Crippen molar-refractivity contribution in [2.24, 2.45) is 5.92 Å². The van der Waals surface area contributed by atoms with Crippen molar-refractivity contribution in [2.45, 2.75) is 68.5 Å². The van der Waals surface area contributed by atoms with Gasteiger partial charge in [-0.25, -0.2) is 28.0 Å². The normalized spacial score (nSPS) is 25.5. The summed E-state index contributed by atoms with van der Waals surface area (Å²) >= 11 is 0. The highest BCUT2D eigenvalue weighted by Gasteiger charge is 2.61. The maximum Gasteiger partial charge on any atom is 0.510 e. The molecule has 0 bridgehead atoms. The number of phosphoric acid groups is 1. The molecule has 19 nitrogen and oxygen atoms in total. The lowest BCUT2D eigenvalue weighted by Crippen LogP contribution is -2.52. The number of carbonyl (C=O) groups is 2. The van der Waals surface area contributed by atoms with Gasteiger partial charge in [-0.3, -0.25) is 23.3 Å². The van der Waals surface area contributed by atoms with Crippen molar-refractivity contribution >= 4 is 20.1 Å². The average molecular weight is 699 g/mol. The summed E-state index contributed by atoms with van der Waals surface area (Å²) in [6.45, 7) is -1.86. The minimum atomic E-state index is -4.80. The molecule has 4 aliphatic rings. The van der Waals surface area contributed by atoms with Crippen LogP contribution >= 0.6 is 7.82 Å². The summed E-state index contributed by atoms with van der Waals surface area (Å²) in [7, 11) is -4.80. The average Bonchev–Trinajstić information content (AvgIpc) is 3.56. The predicted molar refractivity (Wildman–Crippen MR) is 147 cm³/mol. The monoisotopic (exact) mass is 698 g/mol. The first kappa shape index (κ1) is 35.4. The van der Waals surface area contributed by atoms with Crippen molar-refractivity contribution in [1.29, 1.82) is 0 Å². The number of aromatic amines is 1. The van der Waals surface area contributed by atoms with Crippen LogP contribution in [0.25, 0.3) is 0 Å². The number of rotatable bonds is 15. The minimum Gasteiger partial charge on any atom is -0.426 e. The highest BCUT2D eigenvalue weighted by atomic mass is 31.2. The Kier molecular flexibility index (Phi) is 11.4. The molecule has 4 fully saturated rings. The second-order valence-electron chi connectivity index (χ2n) is 11.3. The molecule has 21 heteroatoms. The van der Waals surface area contributed by atoms with E-state index in [1.807, 2.05) is 4.98 Å². The summed E-state index contributed by atoms with van der Waals surface area (Å²) in [6, 6.07) is 1.01. The first-order chi connectivity index (χ1) is 22.4. The smallest absolute Gasteiger partial charge is 0.426 e. The van der Waals surface area contributed by atoms with E-state index >= 15 is 0 Å². The zero-order valence-corrected chi connectivity index (χ0v) is 26.2. The van der Waals surface area contributed by atoms with E-state index in [2.05, 4.69) is 0 Å². The Morgan fingerprint density at radius 3 is 2.11 bits per heavy atom. The highest BCUT2D eigenvalue weighted by molar-refractivity contribution is 7.48. The van der Waals surface area contributed by atoms with Gasteiger partial charge < -0.3 is 43.0 Å². The second kappa shape index (κ2) is 15.1. The molecule has 1 aromatic rings. The van der Waals surface area contributed by atoms with Crippen molar-refractivity contribution in [3.8, 4) is 0 Å². The van der Waals surface area contributed by atoms with Gasteiger partial charge in [-0.15, -0.1) is 0 Å². The number of alkyl halides is 1. The summed E-state index contributed by atoms with van der Waals surface area (Å²) in [5, 5.41) is 11.4. The number of hydrogen-bond acceptors (Lipinski definition) is 17. The van der Waals surface area contributed by atoms with Crippen LogP contribution in [0.5, 0.6) is 0 Å². The first-order valence-corrected chi connectivity index (χ1v) is 16.2. The summed E-state index contributed by atoms with van der Waals surface area (Å²) in [6.07, 6.45) is -3.23. The van der Waals surface area contributed by atoms with E-state index in [0.717, 1.165) is 16.8 Å². The molecule has 0 radical (unpaired) electrons. The number of halogens is 1. The SMILES string of the molecule is C[C@@]1([C@@H](O)n2ccc(=O)[nH]c2=O)OC2(CCCC2)O[C@@H]1[C@@H](CF)COP(=O)(OCOC(=O)OC1COC1)OCOC(=O)OC1COC1. The van der Waals surface area contributed by atoms with Gasteiger partial charge in [0.15, 0.2) is 24.2 Å². The number of hydrogen-bond donors (Lipinski definition) is 2. The number of phosphoric ester groups is 1.